The van der Waals surface area contributed by atoms with Crippen LogP contribution >= 0.6 is 17.9 Å². The van der Waals surface area contributed by atoms with Gasteiger partial charge in [0, 0.05) is 0 Å². The molecule has 49 heavy (non-hydrogen) atoms. The molecule has 0 aliphatic carbocycles. The van der Waals surface area contributed by atoms with Gasteiger partial charge in [0.1, 0.15) is 0 Å². The van der Waals surface area contributed by atoms with E-state index in [1.54, 1.807) is 0 Å². The first kappa shape index (κ1) is 48.9. The number of hydrogen-bond acceptors (Lipinski definition) is 6. The van der Waals surface area contributed by atoms with E-state index in [-0.39, 0.29) is 11.9 Å². The molecule has 0 spiro atoms. The molecule has 0 aliphatic rings. The predicted octanol–water partition coefficient (Wildman–Crippen LogP) is 14.3. The Hall–Kier alpha value is -0.0813. The molecule has 7 heteroatoms. The number of carbonyl (C=O) groups is 2. The summed E-state index contributed by atoms with van der Waals surface area (Å²) in [6.45, 7) is 5.57. The van der Waals surface area contributed by atoms with E-state index < -0.39 is 15.6 Å². The molecule has 0 saturated carbocycles. The van der Waals surface area contributed by atoms with Crippen molar-refractivity contribution in [3.05, 3.63) is 24.3 Å². The van der Waals surface area contributed by atoms with E-state index in [0.717, 1.165) is 37.2 Å². The van der Waals surface area contributed by atoms with Gasteiger partial charge in [-0.25, -0.2) is 0 Å². The molecule has 0 aromatic carbocycles. The number of ether oxygens (including phenoxy) is 2. The smallest absolute Gasteiger partial charge is 0.0885 e. The third-order valence-corrected chi connectivity index (χ3v) is 31.2. The molecular weight excluding hydrogens is 751 g/mol. The molecule has 0 saturated heterocycles. The first-order chi connectivity index (χ1) is 23.9. The van der Waals surface area contributed by atoms with Crippen molar-refractivity contribution in [2.24, 2.45) is 0 Å². The van der Waals surface area contributed by atoms with Gasteiger partial charge in [-0.15, -0.1) is 0 Å². The third kappa shape index (κ3) is 40.5. The van der Waals surface area contributed by atoms with E-state index in [2.05, 4.69) is 48.0 Å². The Morgan fingerprint density at radius 1 is 0.449 bits per heavy atom. The average Bonchev–Trinajstić information content (AvgIpc) is 3.08. The normalized spacial score (nSPS) is 12.0. The maximum absolute atomic E-state index is 12.1. The minimum atomic E-state index is -2.31. The summed E-state index contributed by atoms with van der Waals surface area (Å²) in [6.07, 6.45) is 43.4. The minimum Gasteiger partial charge on any atom is -0.0885 e. The zero-order valence-corrected chi connectivity index (χ0v) is 37.4. The topological polar surface area (TPSA) is 52.6 Å². The SMILES string of the molecule is CCCCCCCCC=CCCCCCCCC(=O)OCC[S][Sn]([CH3])([CH3])[S]CCOC(=O)CCCCCCCC=CCCCCCCCC. The molecule has 0 N–H and O–H groups in total. The summed E-state index contributed by atoms with van der Waals surface area (Å²) in [7, 11) is 4.01. The molecule has 0 aliphatic heterocycles. The van der Waals surface area contributed by atoms with Crippen molar-refractivity contribution in [2.75, 3.05) is 24.7 Å². The summed E-state index contributed by atoms with van der Waals surface area (Å²) < 4.78 is 11.0. The van der Waals surface area contributed by atoms with Gasteiger partial charge in [0.15, 0.2) is 0 Å². The summed E-state index contributed by atoms with van der Waals surface area (Å²) in [4.78, 5) is 29.0. The van der Waals surface area contributed by atoms with E-state index in [0.29, 0.717) is 26.1 Å². The Balaban J connectivity index is 3.52. The van der Waals surface area contributed by atoms with Crippen LogP contribution in [0.1, 0.15) is 194 Å². The molecule has 0 aromatic rings. The van der Waals surface area contributed by atoms with Crippen molar-refractivity contribution in [2.45, 2.75) is 204 Å². The van der Waals surface area contributed by atoms with E-state index in [4.69, 9.17) is 9.47 Å². The number of rotatable bonds is 38. The molecule has 4 nitrogen and oxygen atoms in total. The first-order valence-electron chi connectivity index (χ1n) is 20.8. The van der Waals surface area contributed by atoms with Crippen molar-refractivity contribution >= 4 is 45.4 Å². The fourth-order valence-electron chi connectivity index (χ4n) is 5.75. The van der Waals surface area contributed by atoms with Crippen molar-refractivity contribution in [1.29, 1.82) is 0 Å². The number of esters is 2. The molecule has 0 atom stereocenters. The van der Waals surface area contributed by atoms with E-state index in [1.165, 1.54) is 141 Å². The summed E-state index contributed by atoms with van der Waals surface area (Å²) in [5.74, 6) is 1.67. The van der Waals surface area contributed by atoms with Gasteiger partial charge < -0.3 is 0 Å². The molecule has 0 rings (SSSR count). The molecule has 288 valence electrons. The number of unbranched alkanes of at least 4 members (excludes halogenated alkanes) is 22. The molecule has 0 unspecified atom stereocenters. The van der Waals surface area contributed by atoms with Crippen LogP contribution in [0.2, 0.25) is 9.88 Å². The molecule has 0 amide bonds. The third-order valence-electron chi connectivity index (χ3n) is 8.88. The van der Waals surface area contributed by atoms with Crippen LogP contribution in [0.25, 0.3) is 0 Å². The van der Waals surface area contributed by atoms with Crippen LogP contribution in [0.15, 0.2) is 24.3 Å². The van der Waals surface area contributed by atoms with Crippen LogP contribution in [0.5, 0.6) is 0 Å². The Bertz CT molecular complexity index is 725. The van der Waals surface area contributed by atoms with Crippen molar-refractivity contribution in [3.63, 3.8) is 0 Å². The van der Waals surface area contributed by atoms with E-state index in [1.807, 2.05) is 17.9 Å². The number of carbonyl (C=O) groups excluding carboxylic acids is 2. The Kier molecular flexibility index (Phi) is 39.1. The fraction of sp³-hybridized carbons (Fsp3) is 0.857. The molecule has 0 heterocycles. The minimum absolute atomic E-state index is 0.0444. The number of allylic oxidation sites excluding steroid dienone is 4. The fourth-order valence-corrected chi connectivity index (χ4v) is 22.7. The van der Waals surface area contributed by atoms with Crippen LogP contribution in [0.4, 0.5) is 0 Å². The van der Waals surface area contributed by atoms with Gasteiger partial charge in [0.2, 0.25) is 0 Å². The standard InChI is InChI=1S/2C20H38O2S.2CH3.Sn/c2*1-2-3-4-5-6-7-8-9-10-11-12-13-14-15-16-17-20(21)22-18-19-23;;;/h2*9-10,23H,2-8,11-19H2,1H3;2*1H3;/q;;;;+2/p-2. The molecule has 0 bridgehead atoms. The second-order valence-corrected chi connectivity index (χ2v) is 44.0. The van der Waals surface area contributed by atoms with Crippen molar-refractivity contribution in [3.8, 4) is 0 Å². The number of hydrogen-bond donors (Lipinski definition) is 0. The van der Waals surface area contributed by atoms with Gasteiger partial charge in [0.25, 0.3) is 0 Å². The summed E-state index contributed by atoms with van der Waals surface area (Å²) in [5.41, 5.74) is 0. The van der Waals surface area contributed by atoms with Gasteiger partial charge in [-0.05, 0) is 25.7 Å². The van der Waals surface area contributed by atoms with Crippen LogP contribution in [-0.4, -0.2) is 52.3 Å². The molecular formula is C42H80O4S2Sn. The van der Waals surface area contributed by atoms with E-state index in [9.17, 15) is 9.59 Å². The zero-order valence-electron chi connectivity index (χ0n) is 32.9. The summed E-state index contributed by atoms with van der Waals surface area (Å²) in [6, 6.07) is 0. The van der Waals surface area contributed by atoms with Crippen LogP contribution in [0, 0.1) is 0 Å². The van der Waals surface area contributed by atoms with Crippen LogP contribution < -0.4 is 0 Å². The molecule has 0 radical (unpaired) electrons. The second kappa shape index (κ2) is 39.1. The monoisotopic (exact) mass is 832 g/mol. The Morgan fingerprint density at radius 2 is 0.735 bits per heavy atom. The van der Waals surface area contributed by atoms with Gasteiger partial charge in [-0.3, -0.25) is 0 Å². The second-order valence-electron chi connectivity index (χ2n) is 14.2. The zero-order chi connectivity index (χ0) is 35.9. The average molecular weight is 832 g/mol. The Labute approximate surface area is 315 Å². The Morgan fingerprint density at radius 3 is 1.06 bits per heavy atom. The summed E-state index contributed by atoms with van der Waals surface area (Å²) >= 11 is -2.31. The van der Waals surface area contributed by atoms with Gasteiger partial charge >= 0.3 is 189 Å². The van der Waals surface area contributed by atoms with Crippen molar-refractivity contribution < 1.29 is 19.1 Å². The van der Waals surface area contributed by atoms with Gasteiger partial charge in [-0.2, -0.15) is 0 Å². The molecule has 0 fully saturated rings. The predicted molar refractivity (Wildman–Crippen MR) is 223 cm³/mol. The quantitative estimate of drug-likeness (QED) is 0.0267. The summed E-state index contributed by atoms with van der Waals surface area (Å²) in [5, 5.41) is 0. The van der Waals surface area contributed by atoms with Gasteiger partial charge in [0.05, 0.1) is 0 Å². The van der Waals surface area contributed by atoms with Gasteiger partial charge in [-0.1, -0.05) is 102 Å². The van der Waals surface area contributed by atoms with Crippen molar-refractivity contribution in [1.82, 2.24) is 0 Å². The maximum atomic E-state index is 12.1. The first-order valence-corrected chi connectivity index (χ1v) is 35.5. The van der Waals surface area contributed by atoms with Crippen LogP contribution in [0.3, 0.4) is 0 Å². The van der Waals surface area contributed by atoms with Crippen LogP contribution in [-0.2, 0) is 19.1 Å². The molecule has 0 aromatic heterocycles. The van der Waals surface area contributed by atoms with E-state index >= 15 is 0 Å².